The van der Waals surface area contributed by atoms with Crippen LogP contribution in [-0.4, -0.2) is 24.2 Å². The lowest BCUT2D eigenvalue weighted by atomic mass is 10.1. The largest absolute Gasteiger partial charge is 0.468 e. The summed E-state index contributed by atoms with van der Waals surface area (Å²) in [5.41, 5.74) is 0.521. The fourth-order valence-corrected chi connectivity index (χ4v) is 4.32. The van der Waals surface area contributed by atoms with Crippen molar-refractivity contribution in [2.45, 2.75) is 17.9 Å². The Kier molecular flexibility index (Phi) is 6.13. The zero-order valence-corrected chi connectivity index (χ0v) is 16.3. The molecule has 0 bridgehead atoms. The molecule has 9 heteroatoms. The van der Waals surface area contributed by atoms with Gasteiger partial charge in [-0.15, -0.1) is 0 Å². The Balaban J connectivity index is 1.93. The average Bonchev–Trinajstić information content (AvgIpc) is 3.19. The van der Waals surface area contributed by atoms with Crippen LogP contribution < -0.4 is 0 Å². The van der Waals surface area contributed by atoms with Gasteiger partial charge in [0, 0.05) is 12.6 Å². The van der Waals surface area contributed by atoms with Crippen LogP contribution in [0, 0.1) is 10.1 Å². The van der Waals surface area contributed by atoms with Crippen LogP contribution in [0.1, 0.15) is 11.3 Å². The number of nitro groups is 1. The van der Waals surface area contributed by atoms with Crippen LogP contribution in [0.15, 0.2) is 76.2 Å². The van der Waals surface area contributed by atoms with Crippen LogP contribution >= 0.6 is 11.6 Å². The van der Waals surface area contributed by atoms with E-state index in [0.29, 0.717) is 12.2 Å². The molecule has 0 amide bonds. The van der Waals surface area contributed by atoms with Gasteiger partial charge in [-0.25, -0.2) is 8.42 Å². The van der Waals surface area contributed by atoms with E-state index in [-0.39, 0.29) is 23.0 Å². The van der Waals surface area contributed by atoms with E-state index in [0.717, 1.165) is 11.6 Å². The van der Waals surface area contributed by atoms with Gasteiger partial charge in [-0.1, -0.05) is 41.9 Å². The second kappa shape index (κ2) is 8.55. The summed E-state index contributed by atoms with van der Waals surface area (Å²) in [5.74, 6) is 0.472. The number of hydrogen-bond donors (Lipinski definition) is 0. The molecule has 2 aromatic carbocycles. The van der Waals surface area contributed by atoms with Crippen molar-refractivity contribution >= 4 is 27.3 Å². The third-order valence-electron chi connectivity index (χ3n) is 4.16. The van der Waals surface area contributed by atoms with Crippen molar-refractivity contribution in [1.29, 1.82) is 0 Å². The molecule has 0 aliphatic carbocycles. The summed E-state index contributed by atoms with van der Waals surface area (Å²) in [7, 11) is -4.01. The molecule has 1 heterocycles. The average molecular weight is 421 g/mol. The van der Waals surface area contributed by atoms with Crippen molar-refractivity contribution in [2.24, 2.45) is 0 Å². The third-order valence-corrected chi connectivity index (χ3v) is 6.32. The Bertz CT molecular complexity index is 1050. The maximum absolute atomic E-state index is 13.2. The van der Waals surface area contributed by atoms with Gasteiger partial charge >= 0.3 is 0 Å². The maximum Gasteiger partial charge on any atom is 0.289 e. The van der Waals surface area contributed by atoms with Crippen LogP contribution in [-0.2, 0) is 23.0 Å². The minimum absolute atomic E-state index is 0.0125. The molecule has 0 spiro atoms. The van der Waals surface area contributed by atoms with Gasteiger partial charge in [-0.3, -0.25) is 10.1 Å². The van der Waals surface area contributed by atoms with Crippen molar-refractivity contribution in [3.05, 3.63) is 93.4 Å². The number of nitrogens with zero attached hydrogens (tertiary/aromatic N) is 2. The summed E-state index contributed by atoms with van der Waals surface area (Å²) < 4.78 is 32.9. The molecule has 28 heavy (non-hydrogen) atoms. The van der Waals surface area contributed by atoms with Crippen LogP contribution in [0.3, 0.4) is 0 Å². The van der Waals surface area contributed by atoms with E-state index in [1.165, 1.54) is 22.7 Å². The monoisotopic (exact) mass is 420 g/mol. The highest BCUT2D eigenvalue weighted by Gasteiger charge is 2.28. The van der Waals surface area contributed by atoms with Crippen LogP contribution in [0.25, 0.3) is 0 Å². The molecule has 146 valence electrons. The number of nitro benzene ring substituents is 1. The van der Waals surface area contributed by atoms with Crippen LogP contribution in [0.5, 0.6) is 0 Å². The summed E-state index contributed by atoms with van der Waals surface area (Å²) in [6.07, 6.45) is 1.95. The Labute approximate surface area is 167 Å². The molecule has 0 unspecified atom stereocenters. The first-order chi connectivity index (χ1) is 13.4. The van der Waals surface area contributed by atoms with Gasteiger partial charge in [0.25, 0.3) is 5.69 Å². The van der Waals surface area contributed by atoms with Gasteiger partial charge in [0.15, 0.2) is 0 Å². The van der Waals surface area contributed by atoms with Gasteiger partial charge in [-0.05, 0) is 36.2 Å². The van der Waals surface area contributed by atoms with Gasteiger partial charge < -0.3 is 4.42 Å². The fourth-order valence-electron chi connectivity index (χ4n) is 2.70. The molecule has 3 aromatic rings. The highest BCUT2D eigenvalue weighted by molar-refractivity contribution is 7.89. The Hall–Kier alpha value is -2.68. The Morgan fingerprint density at radius 3 is 2.46 bits per heavy atom. The third kappa shape index (κ3) is 4.59. The summed E-state index contributed by atoms with van der Waals surface area (Å²) in [5, 5.41) is 11.0. The van der Waals surface area contributed by atoms with Crippen molar-refractivity contribution < 1.29 is 17.8 Å². The Morgan fingerprint density at radius 1 is 1.07 bits per heavy atom. The lowest BCUT2D eigenvalue weighted by Gasteiger charge is -2.21. The van der Waals surface area contributed by atoms with Gasteiger partial charge in [0.1, 0.15) is 10.8 Å². The van der Waals surface area contributed by atoms with Gasteiger partial charge in [-0.2, -0.15) is 4.31 Å². The van der Waals surface area contributed by atoms with E-state index in [4.69, 9.17) is 16.0 Å². The standard InChI is InChI=1S/C19H17ClN2O5S/c20-18-9-8-17(13-19(18)22(23)24)28(25,26)21(14-16-7-4-12-27-16)11-10-15-5-2-1-3-6-15/h1-9,12-13H,10-11,14H2. The summed E-state index contributed by atoms with van der Waals surface area (Å²) >= 11 is 5.81. The molecule has 1 aromatic heterocycles. The molecular formula is C19H17ClN2O5S. The van der Waals surface area contributed by atoms with Crippen molar-refractivity contribution in [2.75, 3.05) is 6.54 Å². The molecule has 0 fully saturated rings. The minimum Gasteiger partial charge on any atom is -0.468 e. The number of hydrogen-bond acceptors (Lipinski definition) is 5. The molecule has 7 nitrogen and oxygen atoms in total. The molecule has 0 N–H and O–H groups in total. The number of benzene rings is 2. The topological polar surface area (TPSA) is 93.7 Å². The van der Waals surface area contributed by atoms with E-state index in [1.807, 2.05) is 30.3 Å². The SMILES string of the molecule is O=[N+]([O-])c1cc(S(=O)(=O)N(CCc2ccccc2)Cc2ccco2)ccc1Cl. The summed E-state index contributed by atoms with van der Waals surface area (Å²) in [6.45, 7) is 0.196. The molecule has 0 atom stereocenters. The molecule has 0 saturated carbocycles. The van der Waals surface area contributed by atoms with E-state index in [9.17, 15) is 18.5 Å². The quantitative estimate of drug-likeness (QED) is 0.400. The van der Waals surface area contributed by atoms with Gasteiger partial charge in [0.2, 0.25) is 10.0 Å². The number of furan rings is 1. The van der Waals surface area contributed by atoms with Crippen molar-refractivity contribution in [3.63, 3.8) is 0 Å². The van der Waals surface area contributed by atoms with E-state index >= 15 is 0 Å². The lowest BCUT2D eigenvalue weighted by molar-refractivity contribution is -0.384. The molecular weight excluding hydrogens is 404 g/mol. The minimum atomic E-state index is -4.01. The van der Waals surface area contributed by atoms with E-state index in [1.54, 1.807) is 12.1 Å². The first-order valence-electron chi connectivity index (χ1n) is 8.38. The number of rotatable bonds is 8. The first-order valence-corrected chi connectivity index (χ1v) is 10.2. The molecule has 0 radical (unpaired) electrons. The van der Waals surface area contributed by atoms with Gasteiger partial charge in [0.05, 0.1) is 22.6 Å². The highest BCUT2D eigenvalue weighted by atomic mass is 35.5. The second-order valence-corrected chi connectivity index (χ2v) is 8.37. The summed E-state index contributed by atoms with van der Waals surface area (Å²) in [6, 6.07) is 16.3. The van der Waals surface area contributed by atoms with Crippen molar-refractivity contribution in [3.8, 4) is 0 Å². The number of halogens is 1. The predicted octanol–water partition coefficient (Wildman–Crippen LogP) is 4.27. The molecule has 3 rings (SSSR count). The normalized spacial score (nSPS) is 11.6. The second-order valence-electron chi connectivity index (χ2n) is 6.02. The van der Waals surface area contributed by atoms with E-state index < -0.39 is 20.6 Å². The summed E-state index contributed by atoms with van der Waals surface area (Å²) in [4.78, 5) is 10.2. The number of sulfonamides is 1. The lowest BCUT2D eigenvalue weighted by Crippen LogP contribution is -2.32. The van der Waals surface area contributed by atoms with E-state index in [2.05, 4.69) is 0 Å². The fraction of sp³-hybridized carbons (Fsp3) is 0.158. The molecule has 0 aliphatic heterocycles. The Morgan fingerprint density at radius 2 is 1.82 bits per heavy atom. The van der Waals surface area contributed by atoms with Crippen LogP contribution in [0.2, 0.25) is 5.02 Å². The first kappa shape index (κ1) is 20.1. The zero-order valence-electron chi connectivity index (χ0n) is 14.7. The smallest absolute Gasteiger partial charge is 0.289 e. The van der Waals surface area contributed by atoms with Crippen LogP contribution in [0.4, 0.5) is 5.69 Å². The molecule has 0 saturated heterocycles. The highest BCUT2D eigenvalue weighted by Crippen LogP contribution is 2.29. The maximum atomic E-state index is 13.2. The zero-order chi connectivity index (χ0) is 20.1. The predicted molar refractivity (Wildman–Crippen MR) is 105 cm³/mol. The van der Waals surface area contributed by atoms with Crippen molar-refractivity contribution in [1.82, 2.24) is 4.31 Å². The molecule has 0 aliphatic rings.